The van der Waals surface area contributed by atoms with E-state index < -0.39 is 0 Å². The Kier molecular flexibility index (Phi) is 4.49. The van der Waals surface area contributed by atoms with Gasteiger partial charge in [-0.1, -0.05) is 23.8 Å². The number of ether oxygens (including phenoxy) is 1. The van der Waals surface area contributed by atoms with E-state index in [1.807, 2.05) is 50.2 Å². The van der Waals surface area contributed by atoms with Crippen LogP contribution in [-0.4, -0.2) is 27.0 Å². The van der Waals surface area contributed by atoms with E-state index >= 15 is 0 Å². The van der Waals surface area contributed by atoms with Gasteiger partial charge in [0.25, 0.3) is 5.56 Å². The molecule has 0 radical (unpaired) electrons. The van der Waals surface area contributed by atoms with Gasteiger partial charge in [0.15, 0.2) is 0 Å². The highest BCUT2D eigenvalue weighted by molar-refractivity contribution is 5.82. The minimum absolute atomic E-state index is 0.274. The number of aryl methyl sites for hydroxylation is 2. The molecule has 0 fully saturated rings. The van der Waals surface area contributed by atoms with E-state index in [0.717, 1.165) is 27.7 Å². The summed E-state index contributed by atoms with van der Waals surface area (Å²) in [6, 6.07) is 14.8. The van der Waals surface area contributed by atoms with Gasteiger partial charge >= 0.3 is 0 Å². The highest BCUT2D eigenvalue weighted by Gasteiger charge is 2.09. The average molecular weight is 373 g/mol. The Hall–Kier alpha value is -3.74. The molecular weight excluding hydrogens is 354 g/mol. The van der Waals surface area contributed by atoms with Gasteiger partial charge in [0, 0.05) is 17.0 Å². The predicted molar refractivity (Wildman–Crippen MR) is 109 cm³/mol. The van der Waals surface area contributed by atoms with Crippen molar-refractivity contribution >= 4 is 22.8 Å². The highest BCUT2D eigenvalue weighted by atomic mass is 16.5. The second-order valence-electron chi connectivity index (χ2n) is 6.49. The van der Waals surface area contributed by atoms with Gasteiger partial charge in [-0.25, -0.2) is 15.0 Å². The SMILES string of the molecule is COc1cccc(-c2cc(=O)[nH]c(Nc3nc(C)c4cc(C)ccc4n3)n2)c1. The minimum atomic E-state index is -0.275. The summed E-state index contributed by atoms with van der Waals surface area (Å²) in [5.41, 5.74) is 3.85. The Bertz CT molecular complexity index is 1230. The first-order valence-electron chi connectivity index (χ1n) is 8.79. The number of aromatic nitrogens is 4. The molecule has 28 heavy (non-hydrogen) atoms. The highest BCUT2D eigenvalue weighted by Crippen LogP contribution is 2.23. The molecule has 0 atom stereocenters. The second-order valence-corrected chi connectivity index (χ2v) is 6.49. The van der Waals surface area contributed by atoms with Gasteiger partial charge in [0.2, 0.25) is 11.9 Å². The van der Waals surface area contributed by atoms with Crippen molar-refractivity contribution in [1.82, 2.24) is 19.9 Å². The zero-order chi connectivity index (χ0) is 19.7. The fourth-order valence-corrected chi connectivity index (χ4v) is 3.00. The molecular formula is C21H19N5O2. The number of fused-ring (bicyclic) bond motifs is 1. The average Bonchev–Trinajstić information content (AvgIpc) is 2.68. The molecule has 2 N–H and O–H groups in total. The number of nitrogens with one attached hydrogen (secondary N) is 2. The molecule has 140 valence electrons. The molecule has 0 bridgehead atoms. The van der Waals surface area contributed by atoms with Gasteiger partial charge < -0.3 is 4.74 Å². The third-order valence-electron chi connectivity index (χ3n) is 4.38. The van der Waals surface area contributed by atoms with Crippen LogP contribution in [0.3, 0.4) is 0 Å². The quantitative estimate of drug-likeness (QED) is 0.566. The number of methoxy groups -OCH3 is 1. The van der Waals surface area contributed by atoms with Crippen molar-refractivity contribution in [1.29, 1.82) is 0 Å². The Morgan fingerprint density at radius 1 is 1.00 bits per heavy atom. The van der Waals surface area contributed by atoms with E-state index in [2.05, 4.69) is 31.3 Å². The van der Waals surface area contributed by atoms with Crippen LogP contribution in [0.4, 0.5) is 11.9 Å². The number of anilines is 2. The van der Waals surface area contributed by atoms with Crippen LogP contribution in [-0.2, 0) is 0 Å². The summed E-state index contributed by atoms with van der Waals surface area (Å²) in [6.07, 6.45) is 0. The van der Waals surface area contributed by atoms with Gasteiger partial charge in [0.1, 0.15) is 5.75 Å². The van der Waals surface area contributed by atoms with Crippen LogP contribution in [0, 0.1) is 13.8 Å². The van der Waals surface area contributed by atoms with Crippen molar-refractivity contribution < 1.29 is 4.74 Å². The van der Waals surface area contributed by atoms with Crippen molar-refractivity contribution in [3.63, 3.8) is 0 Å². The molecule has 0 unspecified atom stereocenters. The van der Waals surface area contributed by atoms with E-state index in [1.54, 1.807) is 7.11 Å². The third kappa shape index (κ3) is 3.55. The lowest BCUT2D eigenvalue weighted by Gasteiger charge is -2.09. The molecule has 7 heteroatoms. The second kappa shape index (κ2) is 7.11. The van der Waals surface area contributed by atoms with Crippen molar-refractivity contribution in [2.24, 2.45) is 0 Å². The number of H-pyrrole nitrogens is 1. The molecule has 4 aromatic rings. The monoisotopic (exact) mass is 373 g/mol. The Morgan fingerprint density at radius 2 is 1.86 bits per heavy atom. The van der Waals surface area contributed by atoms with Gasteiger partial charge in [0.05, 0.1) is 24.0 Å². The maximum atomic E-state index is 12.1. The van der Waals surface area contributed by atoms with Crippen LogP contribution in [0.5, 0.6) is 5.75 Å². The zero-order valence-electron chi connectivity index (χ0n) is 15.8. The summed E-state index contributed by atoms with van der Waals surface area (Å²) < 4.78 is 5.25. The largest absolute Gasteiger partial charge is 0.497 e. The van der Waals surface area contributed by atoms with Gasteiger partial charge in [-0.3, -0.25) is 15.1 Å². The summed E-state index contributed by atoms with van der Waals surface area (Å²) in [6.45, 7) is 3.96. The summed E-state index contributed by atoms with van der Waals surface area (Å²) in [5.74, 6) is 1.34. The zero-order valence-corrected chi connectivity index (χ0v) is 15.8. The smallest absolute Gasteiger partial charge is 0.252 e. The molecule has 2 heterocycles. The predicted octanol–water partition coefficient (Wildman–Crippen LogP) is 3.75. The lowest BCUT2D eigenvalue weighted by molar-refractivity contribution is 0.415. The normalized spacial score (nSPS) is 10.8. The Balaban J connectivity index is 1.72. The van der Waals surface area contributed by atoms with Crippen molar-refractivity contribution in [3.05, 3.63) is 70.1 Å². The number of hydrogen-bond acceptors (Lipinski definition) is 6. The summed E-state index contributed by atoms with van der Waals surface area (Å²) in [7, 11) is 1.60. The van der Waals surface area contributed by atoms with Crippen LogP contribution in [0.15, 0.2) is 53.3 Å². The molecule has 7 nitrogen and oxygen atoms in total. The maximum Gasteiger partial charge on any atom is 0.252 e. The summed E-state index contributed by atoms with van der Waals surface area (Å²) in [5, 5.41) is 4.01. The van der Waals surface area contributed by atoms with Crippen LogP contribution >= 0.6 is 0 Å². The fourth-order valence-electron chi connectivity index (χ4n) is 3.00. The van der Waals surface area contributed by atoms with Crippen LogP contribution in [0.25, 0.3) is 22.2 Å². The topological polar surface area (TPSA) is 92.8 Å². The molecule has 0 aliphatic heterocycles. The molecule has 0 aliphatic rings. The number of aromatic amines is 1. The molecule has 0 saturated carbocycles. The summed E-state index contributed by atoms with van der Waals surface area (Å²) >= 11 is 0. The lowest BCUT2D eigenvalue weighted by Crippen LogP contribution is -2.12. The summed E-state index contributed by atoms with van der Waals surface area (Å²) in [4.78, 5) is 28.3. The first kappa shape index (κ1) is 17.7. The van der Waals surface area contributed by atoms with E-state index in [-0.39, 0.29) is 11.5 Å². The Labute approximate surface area is 161 Å². The minimum Gasteiger partial charge on any atom is -0.497 e. The molecule has 0 saturated heterocycles. The molecule has 0 amide bonds. The standard InChI is InChI=1S/C21H19N5O2/c1-12-7-8-17-16(9-12)13(2)22-20(23-17)26-21-24-18(11-19(27)25-21)14-5-4-6-15(10-14)28-3/h4-11H,1-3H3,(H2,22,23,24,25,26,27). The Morgan fingerprint density at radius 3 is 2.68 bits per heavy atom. The van der Waals surface area contributed by atoms with E-state index in [9.17, 15) is 4.79 Å². The number of nitrogens with zero attached hydrogens (tertiary/aromatic N) is 3. The van der Waals surface area contributed by atoms with E-state index in [0.29, 0.717) is 17.4 Å². The molecule has 0 spiro atoms. The maximum absolute atomic E-state index is 12.1. The number of rotatable bonds is 4. The molecule has 2 aromatic heterocycles. The molecule has 0 aliphatic carbocycles. The van der Waals surface area contributed by atoms with Gasteiger partial charge in [-0.05, 0) is 38.1 Å². The first-order valence-corrected chi connectivity index (χ1v) is 8.79. The fraction of sp³-hybridized carbons (Fsp3) is 0.143. The van der Waals surface area contributed by atoms with Crippen molar-refractivity contribution in [3.8, 4) is 17.0 Å². The van der Waals surface area contributed by atoms with E-state index in [1.165, 1.54) is 6.07 Å². The van der Waals surface area contributed by atoms with Gasteiger partial charge in [-0.15, -0.1) is 0 Å². The molecule has 2 aromatic carbocycles. The number of benzene rings is 2. The van der Waals surface area contributed by atoms with Crippen molar-refractivity contribution in [2.75, 3.05) is 12.4 Å². The lowest BCUT2D eigenvalue weighted by atomic mass is 10.1. The first-order chi connectivity index (χ1) is 13.5. The van der Waals surface area contributed by atoms with Crippen LogP contribution in [0.2, 0.25) is 0 Å². The van der Waals surface area contributed by atoms with Crippen LogP contribution in [0.1, 0.15) is 11.3 Å². The van der Waals surface area contributed by atoms with Crippen LogP contribution < -0.4 is 15.6 Å². The van der Waals surface area contributed by atoms with Crippen molar-refractivity contribution in [2.45, 2.75) is 13.8 Å². The third-order valence-corrected chi connectivity index (χ3v) is 4.38. The number of hydrogen-bond donors (Lipinski definition) is 2. The van der Waals surface area contributed by atoms with E-state index in [4.69, 9.17) is 4.74 Å². The molecule has 4 rings (SSSR count). The van der Waals surface area contributed by atoms with Gasteiger partial charge in [-0.2, -0.15) is 0 Å².